The van der Waals surface area contributed by atoms with Crippen LogP contribution in [0.3, 0.4) is 0 Å². The highest BCUT2D eigenvalue weighted by atomic mass is 32.1. The third-order valence-electron chi connectivity index (χ3n) is 1.30. The molecular weight excluding hydrogens is 176 g/mol. The minimum absolute atomic E-state index is 0.456. The lowest BCUT2D eigenvalue weighted by atomic mass is 10.3. The topological polar surface area (TPSA) is 46.4 Å². The Morgan fingerprint density at radius 1 is 1.42 bits per heavy atom. The molecule has 0 saturated heterocycles. The number of benzene rings is 1. The molecule has 62 valence electrons. The Hall–Kier alpha value is -1.49. The van der Waals surface area contributed by atoms with Crippen LogP contribution in [0, 0.1) is 10.1 Å². The highest BCUT2D eigenvalue weighted by Gasteiger charge is 2.11. The molecule has 1 rings (SSSR count). The van der Waals surface area contributed by atoms with Gasteiger partial charge < -0.3 is 0 Å². The molecule has 0 fully saturated rings. The predicted molar refractivity (Wildman–Crippen MR) is 49.6 cm³/mol. The molecule has 0 saturated carbocycles. The highest BCUT2D eigenvalue weighted by Crippen LogP contribution is 2.10. The normalized spacial score (nSPS) is 9.00. The smallest absolute Gasteiger partial charge is 0.170 e. The Morgan fingerprint density at radius 3 is 2.42 bits per heavy atom. The van der Waals surface area contributed by atoms with Gasteiger partial charge in [-0.1, -0.05) is 35.4 Å². The number of nitro groups is 1. The molecule has 0 N–H and O–H groups in total. The first kappa shape index (κ1) is 8.61. The Labute approximate surface area is 74.5 Å². The van der Waals surface area contributed by atoms with E-state index in [1.807, 2.05) is 0 Å². The van der Waals surface area contributed by atoms with Gasteiger partial charge in [-0.15, -0.1) is 0 Å². The maximum absolute atomic E-state index is 10.4. The van der Waals surface area contributed by atoms with Crippen molar-refractivity contribution in [2.75, 3.05) is 5.01 Å². The maximum Gasteiger partial charge on any atom is 0.170 e. The molecule has 0 amide bonds. The Bertz CT molecular complexity index is 289. The summed E-state index contributed by atoms with van der Waals surface area (Å²) in [5.41, 5.74) is 1.45. The molecule has 12 heavy (non-hydrogen) atoms. The summed E-state index contributed by atoms with van der Waals surface area (Å²) in [6, 6.07) is 8.44. The SMILES string of the molecule is O=[N+]([O-])N(C=S)c1ccccc1. The average molecular weight is 182 g/mol. The number of nitrogens with zero attached hydrogens (tertiary/aromatic N) is 2. The van der Waals surface area contributed by atoms with Crippen LogP contribution < -0.4 is 5.01 Å². The van der Waals surface area contributed by atoms with Crippen molar-refractivity contribution in [2.24, 2.45) is 0 Å². The van der Waals surface area contributed by atoms with Crippen molar-refractivity contribution in [1.82, 2.24) is 0 Å². The van der Waals surface area contributed by atoms with E-state index < -0.39 is 5.03 Å². The second-order valence-electron chi connectivity index (χ2n) is 2.02. The van der Waals surface area contributed by atoms with Gasteiger partial charge in [0.15, 0.2) is 5.03 Å². The average Bonchev–Trinajstić information content (AvgIpc) is 2.07. The van der Waals surface area contributed by atoms with E-state index in [9.17, 15) is 10.1 Å². The molecule has 0 aliphatic carbocycles. The van der Waals surface area contributed by atoms with Gasteiger partial charge in [0.2, 0.25) is 0 Å². The zero-order valence-electron chi connectivity index (χ0n) is 6.08. The number of hydrogen-bond donors (Lipinski definition) is 0. The second-order valence-corrected chi connectivity index (χ2v) is 2.23. The summed E-state index contributed by atoms with van der Waals surface area (Å²) in [5.74, 6) is 0. The van der Waals surface area contributed by atoms with Gasteiger partial charge in [0.05, 0.1) is 0 Å². The molecule has 0 heterocycles. The van der Waals surface area contributed by atoms with Crippen molar-refractivity contribution in [1.29, 1.82) is 0 Å². The molecule has 1 aromatic rings. The minimum atomic E-state index is -0.567. The number of hydrogen-bond acceptors (Lipinski definition) is 3. The molecule has 0 aliphatic heterocycles. The van der Waals surface area contributed by atoms with Crippen molar-refractivity contribution in [3.63, 3.8) is 0 Å². The zero-order chi connectivity index (χ0) is 8.97. The summed E-state index contributed by atoms with van der Waals surface area (Å²) in [6.07, 6.45) is 0. The highest BCUT2D eigenvalue weighted by molar-refractivity contribution is 7.79. The van der Waals surface area contributed by atoms with E-state index in [0.29, 0.717) is 5.69 Å². The molecule has 0 spiro atoms. The number of hydrazine groups is 1. The summed E-state index contributed by atoms with van der Waals surface area (Å²) in [6.45, 7) is 0. The van der Waals surface area contributed by atoms with Crippen LogP contribution in [-0.4, -0.2) is 10.5 Å². The number of rotatable bonds is 3. The van der Waals surface area contributed by atoms with Crippen molar-refractivity contribution >= 4 is 23.4 Å². The van der Waals surface area contributed by atoms with Gasteiger partial charge in [-0.25, -0.2) is 10.1 Å². The Kier molecular flexibility index (Phi) is 2.71. The third-order valence-corrected chi connectivity index (χ3v) is 1.50. The van der Waals surface area contributed by atoms with Crippen LogP contribution in [0.15, 0.2) is 30.3 Å². The number of para-hydroxylation sites is 1. The summed E-state index contributed by atoms with van der Waals surface area (Å²) in [7, 11) is 0. The first-order valence-electron chi connectivity index (χ1n) is 3.19. The lowest BCUT2D eigenvalue weighted by Gasteiger charge is -2.06. The first-order chi connectivity index (χ1) is 5.75. The van der Waals surface area contributed by atoms with E-state index in [2.05, 4.69) is 12.2 Å². The number of anilines is 1. The molecule has 0 atom stereocenters. The lowest BCUT2D eigenvalue weighted by molar-refractivity contribution is -0.477. The molecule has 0 aromatic heterocycles. The molecule has 0 radical (unpaired) electrons. The van der Waals surface area contributed by atoms with Crippen LogP contribution in [0.1, 0.15) is 0 Å². The van der Waals surface area contributed by atoms with Crippen LogP contribution in [0.2, 0.25) is 0 Å². The molecule has 0 bridgehead atoms. The Morgan fingerprint density at radius 2 is 2.00 bits per heavy atom. The zero-order valence-corrected chi connectivity index (χ0v) is 6.90. The molecule has 5 heteroatoms. The second kappa shape index (κ2) is 3.77. The van der Waals surface area contributed by atoms with Crippen molar-refractivity contribution in [3.05, 3.63) is 40.4 Å². The van der Waals surface area contributed by atoms with Gasteiger partial charge in [0.1, 0.15) is 11.2 Å². The quantitative estimate of drug-likeness (QED) is 0.405. The minimum Gasteiger partial charge on any atom is -0.234 e. The van der Waals surface area contributed by atoms with E-state index in [0.717, 1.165) is 10.5 Å². The predicted octanol–water partition coefficient (Wildman–Crippen LogP) is 1.64. The van der Waals surface area contributed by atoms with Crippen molar-refractivity contribution in [2.45, 2.75) is 0 Å². The summed E-state index contributed by atoms with van der Waals surface area (Å²) < 4.78 is 0. The van der Waals surface area contributed by atoms with E-state index >= 15 is 0 Å². The standard InChI is InChI=1S/C7H6N2O2S/c10-9(11)8(6-12)7-4-2-1-3-5-7/h1-6H. The van der Waals surface area contributed by atoms with Crippen LogP contribution in [0.25, 0.3) is 0 Å². The monoisotopic (exact) mass is 182 g/mol. The largest absolute Gasteiger partial charge is 0.234 e. The first-order valence-corrected chi connectivity index (χ1v) is 3.66. The molecule has 1 aromatic carbocycles. The van der Waals surface area contributed by atoms with Gasteiger partial charge in [0, 0.05) is 0 Å². The fourth-order valence-electron chi connectivity index (χ4n) is 0.774. The molecule has 0 unspecified atom stereocenters. The molecule has 0 aliphatic rings. The molecule has 4 nitrogen and oxygen atoms in total. The van der Waals surface area contributed by atoms with E-state index in [-0.39, 0.29) is 0 Å². The third kappa shape index (κ3) is 1.76. The van der Waals surface area contributed by atoms with Crippen molar-refractivity contribution in [3.8, 4) is 0 Å². The van der Waals surface area contributed by atoms with E-state index in [1.54, 1.807) is 30.3 Å². The van der Waals surface area contributed by atoms with Crippen LogP contribution >= 0.6 is 12.2 Å². The van der Waals surface area contributed by atoms with Crippen molar-refractivity contribution < 1.29 is 5.03 Å². The van der Waals surface area contributed by atoms with Gasteiger partial charge in [-0.2, -0.15) is 0 Å². The Balaban J connectivity index is 2.95. The summed E-state index contributed by atoms with van der Waals surface area (Å²) in [5, 5.41) is 10.6. The van der Waals surface area contributed by atoms with Gasteiger partial charge >= 0.3 is 0 Å². The number of thiocarbonyl (C=S) groups is 1. The lowest BCUT2D eigenvalue weighted by Crippen LogP contribution is -2.26. The summed E-state index contributed by atoms with van der Waals surface area (Å²) in [4.78, 5) is 10.4. The fraction of sp³-hybridized carbons (Fsp3) is 0. The van der Waals surface area contributed by atoms with Crippen LogP contribution in [-0.2, 0) is 0 Å². The van der Waals surface area contributed by atoms with Gasteiger partial charge in [-0.3, -0.25) is 0 Å². The summed E-state index contributed by atoms with van der Waals surface area (Å²) >= 11 is 4.49. The molecular formula is C7H6N2O2S. The van der Waals surface area contributed by atoms with E-state index in [4.69, 9.17) is 0 Å². The van der Waals surface area contributed by atoms with E-state index in [1.165, 1.54) is 0 Å². The van der Waals surface area contributed by atoms with Crippen LogP contribution in [0.5, 0.6) is 0 Å². The van der Waals surface area contributed by atoms with Gasteiger partial charge in [0.25, 0.3) is 0 Å². The fourth-order valence-corrected chi connectivity index (χ4v) is 0.973. The van der Waals surface area contributed by atoms with Crippen LogP contribution in [0.4, 0.5) is 5.69 Å². The van der Waals surface area contributed by atoms with Gasteiger partial charge in [-0.05, 0) is 12.1 Å². The maximum atomic E-state index is 10.4.